The van der Waals surface area contributed by atoms with Gasteiger partial charge >= 0.3 is 0 Å². The molecule has 36 heavy (non-hydrogen) atoms. The normalized spacial score (nSPS) is 14.3. The number of nitrogens with one attached hydrogen (secondary N) is 1. The fourth-order valence-electron chi connectivity index (χ4n) is 4.00. The molecule has 1 aliphatic heterocycles. The van der Waals surface area contributed by atoms with Gasteiger partial charge in [-0.15, -0.1) is 0 Å². The number of carbonyl (C=O) groups excluding carboxylic acids is 1. The quantitative estimate of drug-likeness (QED) is 0.303. The van der Waals surface area contributed by atoms with Gasteiger partial charge in [0.05, 0.1) is 5.71 Å². The van der Waals surface area contributed by atoms with Crippen LogP contribution in [0.3, 0.4) is 0 Å². The van der Waals surface area contributed by atoms with Crippen LogP contribution in [0, 0.1) is 12.8 Å². The van der Waals surface area contributed by atoms with Crippen molar-refractivity contribution < 1.29 is 19.1 Å². The molecule has 0 unspecified atom stereocenters. The van der Waals surface area contributed by atoms with Crippen LogP contribution in [0.4, 0.5) is 0 Å². The van der Waals surface area contributed by atoms with Gasteiger partial charge in [-0.3, -0.25) is 4.79 Å². The van der Waals surface area contributed by atoms with Gasteiger partial charge in [0, 0.05) is 26.2 Å². The van der Waals surface area contributed by atoms with E-state index in [4.69, 9.17) is 14.3 Å². The lowest BCUT2D eigenvalue weighted by Crippen LogP contribution is -2.35. The van der Waals surface area contributed by atoms with Crippen molar-refractivity contribution in [2.75, 3.05) is 26.4 Å². The molecule has 0 atom stereocenters. The molecule has 1 fully saturated rings. The van der Waals surface area contributed by atoms with Crippen molar-refractivity contribution in [2.24, 2.45) is 11.1 Å². The Morgan fingerprint density at radius 1 is 0.944 bits per heavy atom. The molecule has 1 N–H and O–H groups in total. The lowest BCUT2D eigenvalue weighted by Gasteiger charge is -2.22. The first-order valence-corrected chi connectivity index (χ1v) is 12.5. The molecule has 3 aromatic carbocycles. The maximum atomic E-state index is 12.2. The Balaban J connectivity index is 1.34. The van der Waals surface area contributed by atoms with Crippen LogP contribution in [-0.4, -0.2) is 38.0 Å². The van der Waals surface area contributed by atoms with Crippen molar-refractivity contribution in [1.82, 2.24) is 5.32 Å². The van der Waals surface area contributed by atoms with Gasteiger partial charge in [0.2, 0.25) is 0 Å². The number of oxime groups is 1. The minimum atomic E-state index is -0.110. The standard InChI is InChI=1S/C30H34N2O4/c1-23-7-9-26(10-8-23)21-36-32-29(19-24-5-3-2-4-6-24)27-11-13-28(14-12-27)35-22-30(33)31-20-25-15-17-34-18-16-25/h2-14,25H,15-22H2,1H3,(H,31,33)/b32-29+. The van der Waals surface area contributed by atoms with E-state index >= 15 is 0 Å². The first kappa shape index (κ1) is 25.5. The molecule has 0 bridgehead atoms. The lowest BCUT2D eigenvalue weighted by atomic mass is 10.0. The summed E-state index contributed by atoms with van der Waals surface area (Å²) in [6.45, 7) is 4.68. The summed E-state index contributed by atoms with van der Waals surface area (Å²) in [5, 5.41) is 7.45. The Bertz CT molecular complexity index is 1110. The van der Waals surface area contributed by atoms with Crippen LogP contribution in [0.2, 0.25) is 0 Å². The summed E-state index contributed by atoms with van der Waals surface area (Å²) >= 11 is 0. The van der Waals surface area contributed by atoms with E-state index in [2.05, 4.69) is 41.7 Å². The average Bonchev–Trinajstić information content (AvgIpc) is 2.93. The topological polar surface area (TPSA) is 69.2 Å². The van der Waals surface area contributed by atoms with Crippen molar-refractivity contribution in [3.05, 3.63) is 101 Å². The molecular formula is C30H34N2O4. The summed E-state index contributed by atoms with van der Waals surface area (Å²) < 4.78 is 11.1. The van der Waals surface area contributed by atoms with Crippen LogP contribution >= 0.6 is 0 Å². The summed E-state index contributed by atoms with van der Waals surface area (Å²) in [6, 6.07) is 26.0. The van der Waals surface area contributed by atoms with E-state index in [-0.39, 0.29) is 12.5 Å². The zero-order valence-corrected chi connectivity index (χ0v) is 20.8. The molecule has 1 aliphatic rings. The van der Waals surface area contributed by atoms with Gasteiger partial charge in [-0.25, -0.2) is 0 Å². The minimum Gasteiger partial charge on any atom is -0.484 e. The fraction of sp³-hybridized carbons (Fsp3) is 0.333. The maximum absolute atomic E-state index is 12.2. The molecule has 0 aliphatic carbocycles. The summed E-state index contributed by atoms with van der Waals surface area (Å²) in [6.07, 6.45) is 2.62. The summed E-state index contributed by atoms with van der Waals surface area (Å²) in [4.78, 5) is 17.9. The third-order valence-corrected chi connectivity index (χ3v) is 6.23. The second kappa shape index (κ2) is 13.4. The number of hydrogen-bond acceptors (Lipinski definition) is 5. The van der Waals surface area contributed by atoms with Gasteiger partial charge in [-0.2, -0.15) is 0 Å². The van der Waals surface area contributed by atoms with Crippen LogP contribution in [0.1, 0.15) is 35.1 Å². The van der Waals surface area contributed by atoms with Crippen LogP contribution in [0.25, 0.3) is 0 Å². The van der Waals surface area contributed by atoms with Gasteiger partial charge in [-0.05, 0) is 66.6 Å². The largest absolute Gasteiger partial charge is 0.484 e. The lowest BCUT2D eigenvalue weighted by molar-refractivity contribution is -0.123. The van der Waals surface area contributed by atoms with Gasteiger partial charge in [-0.1, -0.05) is 65.3 Å². The van der Waals surface area contributed by atoms with Crippen LogP contribution in [0.5, 0.6) is 5.75 Å². The second-order valence-corrected chi connectivity index (χ2v) is 9.13. The highest BCUT2D eigenvalue weighted by molar-refractivity contribution is 6.01. The molecule has 188 valence electrons. The van der Waals surface area contributed by atoms with E-state index in [1.54, 1.807) is 0 Å². The number of aryl methyl sites for hydroxylation is 1. The van der Waals surface area contributed by atoms with E-state index in [1.807, 2.05) is 54.6 Å². The molecule has 0 aromatic heterocycles. The molecule has 0 spiro atoms. The molecule has 1 saturated heterocycles. The highest BCUT2D eigenvalue weighted by atomic mass is 16.6. The smallest absolute Gasteiger partial charge is 0.257 e. The average molecular weight is 487 g/mol. The van der Waals surface area contributed by atoms with Gasteiger partial charge in [0.1, 0.15) is 12.4 Å². The Morgan fingerprint density at radius 2 is 1.67 bits per heavy atom. The van der Waals surface area contributed by atoms with Crippen LogP contribution in [-0.2, 0) is 27.4 Å². The molecular weight excluding hydrogens is 452 g/mol. The van der Waals surface area contributed by atoms with E-state index in [9.17, 15) is 4.79 Å². The third-order valence-electron chi connectivity index (χ3n) is 6.23. The first-order chi connectivity index (χ1) is 17.7. The number of benzene rings is 3. The van der Waals surface area contributed by atoms with Crippen molar-refractivity contribution in [1.29, 1.82) is 0 Å². The highest BCUT2D eigenvalue weighted by Gasteiger charge is 2.15. The number of carbonyl (C=O) groups is 1. The fourth-order valence-corrected chi connectivity index (χ4v) is 4.00. The molecule has 6 heteroatoms. The van der Waals surface area contributed by atoms with E-state index < -0.39 is 0 Å². The Kier molecular flexibility index (Phi) is 9.51. The molecule has 6 nitrogen and oxygen atoms in total. The SMILES string of the molecule is Cc1ccc(CO/N=C(\Cc2ccccc2)c2ccc(OCC(=O)NCC3CCOCC3)cc2)cc1. The monoisotopic (exact) mass is 486 g/mol. The van der Waals surface area contributed by atoms with Crippen molar-refractivity contribution in [3.8, 4) is 5.75 Å². The first-order valence-electron chi connectivity index (χ1n) is 12.5. The molecule has 1 amide bonds. The second-order valence-electron chi connectivity index (χ2n) is 9.13. The molecule has 0 radical (unpaired) electrons. The third kappa shape index (κ3) is 8.24. The minimum absolute atomic E-state index is 0.00676. The summed E-state index contributed by atoms with van der Waals surface area (Å²) in [7, 11) is 0. The molecule has 4 rings (SSSR count). The van der Waals surface area contributed by atoms with Gasteiger partial charge in [0.25, 0.3) is 5.91 Å². The Hall–Kier alpha value is -3.64. The molecule has 0 saturated carbocycles. The van der Waals surface area contributed by atoms with Crippen molar-refractivity contribution >= 4 is 11.6 Å². The number of hydrogen-bond donors (Lipinski definition) is 1. The van der Waals surface area contributed by atoms with Crippen molar-refractivity contribution in [3.63, 3.8) is 0 Å². The Labute approximate surface area is 213 Å². The Morgan fingerprint density at radius 3 is 2.39 bits per heavy atom. The predicted octanol–water partition coefficient (Wildman–Crippen LogP) is 5.08. The van der Waals surface area contributed by atoms with E-state index in [0.29, 0.717) is 31.2 Å². The number of amides is 1. The zero-order chi connectivity index (χ0) is 25.0. The predicted molar refractivity (Wildman–Crippen MR) is 141 cm³/mol. The zero-order valence-electron chi connectivity index (χ0n) is 20.8. The number of ether oxygens (including phenoxy) is 2. The van der Waals surface area contributed by atoms with Crippen LogP contribution in [0.15, 0.2) is 84.0 Å². The van der Waals surface area contributed by atoms with E-state index in [0.717, 1.165) is 48.5 Å². The number of nitrogens with zero attached hydrogens (tertiary/aromatic N) is 1. The highest BCUT2D eigenvalue weighted by Crippen LogP contribution is 2.16. The molecule has 3 aromatic rings. The van der Waals surface area contributed by atoms with E-state index in [1.165, 1.54) is 5.56 Å². The molecule has 1 heterocycles. The van der Waals surface area contributed by atoms with Crippen LogP contribution < -0.4 is 10.1 Å². The van der Waals surface area contributed by atoms with Gasteiger partial charge in [0.15, 0.2) is 6.61 Å². The maximum Gasteiger partial charge on any atom is 0.257 e. The summed E-state index contributed by atoms with van der Waals surface area (Å²) in [5.41, 5.74) is 5.21. The number of rotatable bonds is 11. The van der Waals surface area contributed by atoms with Gasteiger partial charge < -0.3 is 19.6 Å². The summed E-state index contributed by atoms with van der Waals surface area (Å²) in [5.74, 6) is 1.01. The van der Waals surface area contributed by atoms with Crippen molar-refractivity contribution in [2.45, 2.75) is 32.8 Å².